The van der Waals surface area contributed by atoms with Crippen molar-refractivity contribution in [1.29, 1.82) is 0 Å². The zero-order chi connectivity index (χ0) is 18.6. The third-order valence-electron chi connectivity index (χ3n) is 5.51. The van der Waals surface area contributed by atoms with Crippen LogP contribution in [0, 0.1) is 0 Å². The lowest BCUT2D eigenvalue weighted by atomic mass is 9.96. The number of hydrogen-bond acceptors (Lipinski definition) is 2. The van der Waals surface area contributed by atoms with E-state index >= 15 is 0 Å². The number of rotatable bonds is 5. The van der Waals surface area contributed by atoms with Gasteiger partial charge < -0.3 is 4.90 Å². The molecular weight excluding hydrogens is 352 g/mol. The fourth-order valence-corrected chi connectivity index (χ4v) is 4.14. The second-order valence-electron chi connectivity index (χ2n) is 7.46. The van der Waals surface area contributed by atoms with Crippen LogP contribution in [0.2, 0.25) is 5.02 Å². The highest BCUT2D eigenvalue weighted by Crippen LogP contribution is 2.30. The summed E-state index contributed by atoms with van der Waals surface area (Å²) in [7, 11) is 0. The van der Waals surface area contributed by atoms with Crippen molar-refractivity contribution >= 4 is 11.6 Å². The second-order valence-corrected chi connectivity index (χ2v) is 7.87. The molecule has 0 amide bonds. The lowest BCUT2D eigenvalue weighted by molar-refractivity contribution is 0.321. The molecule has 1 saturated heterocycles. The summed E-state index contributed by atoms with van der Waals surface area (Å²) < 4.78 is 0. The first-order valence-corrected chi connectivity index (χ1v) is 10.1. The number of halogens is 1. The predicted molar refractivity (Wildman–Crippen MR) is 114 cm³/mol. The zero-order valence-corrected chi connectivity index (χ0v) is 16.5. The average Bonchev–Trinajstić information content (AvgIpc) is 3.22. The quantitative estimate of drug-likeness (QED) is 0.521. The van der Waals surface area contributed by atoms with Crippen molar-refractivity contribution in [2.45, 2.75) is 25.7 Å². The van der Waals surface area contributed by atoms with Crippen molar-refractivity contribution < 1.29 is 0 Å². The van der Waals surface area contributed by atoms with Crippen molar-refractivity contribution in [2.75, 3.05) is 19.6 Å². The van der Waals surface area contributed by atoms with Crippen LogP contribution in [0.4, 0.5) is 0 Å². The monoisotopic (exact) mass is 376 g/mol. The van der Waals surface area contributed by atoms with Gasteiger partial charge in [-0.05, 0) is 60.2 Å². The summed E-state index contributed by atoms with van der Waals surface area (Å²) in [5, 5.41) is 0.682. The van der Waals surface area contributed by atoms with Gasteiger partial charge in [0.2, 0.25) is 0 Å². The largest absolute Gasteiger partial charge is 0.303 e. The molecule has 0 spiro atoms. The van der Waals surface area contributed by atoms with Crippen LogP contribution in [0.15, 0.2) is 67.0 Å². The molecule has 0 bridgehead atoms. The van der Waals surface area contributed by atoms with E-state index in [2.05, 4.69) is 65.3 Å². The van der Waals surface area contributed by atoms with E-state index in [9.17, 15) is 0 Å². The molecular formula is C24H25ClN2. The number of nitrogens with zero attached hydrogens (tertiary/aromatic N) is 2. The van der Waals surface area contributed by atoms with Crippen LogP contribution in [0.1, 0.15) is 31.2 Å². The maximum atomic E-state index is 6.26. The van der Waals surface area contributed by atoms with E-state index in [4.69, 9.17) is 11.6 Å². The summed E-state index contributed by atoms with van der Waals surface area (Å²) in [6.07, 6.45) is 6.17. The highest BCUT2D eigenvalue weighted by Gasteiger charge is 2.15. The summed E-state index contributed by atoms with van der Waals surface area (Å²) in [5.41, 5.74) is 6.03. The van der Waals surface area contributed by atoms with Gasteiger partial charge in [-0.2, -0.15) is 0 Å². The maximum absolute atomic E-state index is 6.26. The fraction of sp³-hybridized carbons (Fsp3) is 0.292. The van der Waals surface area contributed by atoms with Crippen molar-refractivity contribution in [3.8, 4) is 22.3 Å². The summed E-state index contributed by atoms with van der Waals surface area (Å²) in [6, 6.07) is 19.6. The van der Waals surface area contributed by atoms with Gasteiger partial charge in [-0.3, -0.25) is 4.98 Å². The summed E-state index contributed by atoms with van der Waals surface area (Å²) in [6.45, 7) is 6.02. The number of hydrogen-bond donors (Lipinski definition) is 0. The van der Waals surface area contributed by atoms with E-state index in [1.54, 1.807) is 12.4 Å². The highest BCUT2D eigenvalue weighted by atomic mass is 35.5. The molecule has 0 N–H and O–H groups in total. The van der Waals surface area contributed by atoms with Crippen molar-refractivity contribution in [3.63, 3.8) is 0 Å². The van der Waals surface area contributed by atoms with Gasteiger partial charge in [-0.25, -0.2) is 0 Å². The van der Waals surface area contributed by atoms with E-state index in [1.165, 1.54) is 49.2 Å². The van der Waals surface area contributed by atoms with Crippen LogP contribution in [-0.2, 0) is 0 Å². The molecule has 3 aromatic rings. The van der Waals surface area contributed by atoms with Gasteiger partial charge in [0.25, 0.3) is 0 Å². The van der Waals surface area contributed by atoms with Crippen molar-refractivity contribution in [2.24, 2.45) is 0 Å². The van der Waals surface area contributed by atoms with Crippen LogP contribution in [0.3, 0.4) is 0 Å². The number of pyridine rings is 1. The number of likely N-dealkylation sites (tertiary alicyclic amines) is 1. The molecule has 2 aromatic carbocycles. The van der Waals surface area contributed by atoms with Crippen LogP contribution in [-0.4, -0.2) is 29.5 Å². The predicted octanol–water partition coefficient (Wildman–Crippen LogP) is 6.27. The second kappa shape index (κ2) is 8.24. The third kappa shape index (κ3) is 4.23. The van der Waals surface area contributed by atoms with E-state index in [-0.39, 0.29) is 0 Å². The SMILES string of the molecule is CC(CN1CCCC1)c1ccc(-c2ccc(-c3ccncc3Cl)cc2)cc1. The van der Waals surface area contributed by atoms with Crippen molar-refractivity contribution in [3.05, 3.63) is 77.6 Å². The topological polar surface area (TPSA) is 16.1 Å². The minimum absolute atomic E-state index is 0.577. The molecule has 1 aliphatic rings. The van der Waals surface area contributed by atoms with Gasteiger partial charge in [-0.15, -0.1) is 0 Å². The molecule has 1 aromatic heterocycles. The Bertz CT molecular complexity index is 881. The standard InChI is InChI=1S/C24H25ClN2/c1-18(17-27-14-2-3-15-27)19-4-6-20(7-5-19)21-8-10-22(11-9-21)23-12-13-26-16-24(23)25/h4-13,16,18H,2-3,14-15,17H2,1H3. The van der Waals surface area contributed by atoms with Gasteiger partial charge in [-0.1, -0.05) is 67.1 Å². The van der Waals surface area contributed by atoms with E-state index < -0.39 is 0 Å². The molecule has 2 nitrogen and oxygen atoms in total. The third-order valence-corrected chi connectivity index (χ3v) is 5.81. The highest BCUT2D eigenvalue weighted by molar-refractivity contribution is 6.33. The minimum Gasteiger partial charge on any atom is -0.303 e. The molecule has 1 atom stereocenters. The maximum Gasteiger partial charge on any atom is 0.0667 e. The van der Waals surface area contributed by atoms with Crippen LogP contribution < -0.4 is 0 Å². The molecule has 1 aliphatic heterocycles. The molecule has 2 heterocycles. The van der Waals surface area contributed by atoms with E-state index in [1.807, 2.05) is 6.07 Å². The van der Waals surface area contributed by atoms with Crippen molar-refractivity contribution in [1.82, 2.24) is 9.88 Å². The van der Waals surface area contributed by atoms with Gasteiger partial charge in [0.05, 0.1) is 5.02 Å². The Balaban J connectivity index is 1.48. The Morgan fingerprint density at radius 2 is 1.48 bits per heavy atom. The minimum atomic E-state index is 0.577. The first-order chi connectivity index (χ1) is 13.2. The number of aromatic nitrogens is 1. The zero-order valence-electron chi connectivity index (χ0n) is 15.7. The first kappa shape index (κ1) is 18.2. The van der Waals surface area contributed by atoms with Gasteiger partial charge in [0, 0.05) is 24.5 Å². The lowest BCUT2D eigenvalue weighted by Crippen LogP contribution is -2.24. The molecule has 4 rings (SSSR count). The number of benzene rings is 2. The van der Waals surface area contributed by atoms with Crippen LogP contribution in [0.25, 0.3) is 22.3 Å². The van der Waals surface area contributed by atoms with Crippen LogP contribution >= 0.6 is 11.6 Å². The average molecular weight is 377 g/mol. The molecule has 3 heteroatoms. The van der Waals surface area contributed by atoms with Gasteiger partial charge >= 0.3 is 0 Å². The Hall–Kier alpha value is -2.16. The summed E-state index contributed by atoms with van der Waals surface area (Å²) in [5.74, 6) is 0.577. The van der Waals surface area contributed by atoms with Crippen LogP contribution in [0.5, 0.6) is 0 Å². The molecule has 0 aliphatic carbocycles. The first-order valence-electron chi connectivity index (χ1n) is 9.73. The lowest BCUT2D eigenvalue weighted by Gasteiger charge is -2.20. The van der Waals surface area contributed by atoms with Gasteiger partial charge in [0.15, 0.2) is 0 Å². The molecule has 0 radical (unpaired) electrons. The van der Waals surface area contributed by atoms with E-state index in [0.717, 1.165) is 11.1 Å². The fourth-order valence-electron chi connectivity index (χ4n) is 3.91. The summed E-state index contributed by atoms with van der Waals surface area (Å²) >= 11 is 6.26. The molecule has 0 saturated carbocycles. The smallest absolute Gasteiger partial charge is 0.0667 e. The molecule has 1 fully saturated rings. The normalized spacial score (nSPS) is 15.8. The Kier molecular flexibility index (Phi) is 5.56. The van der Waals surface area contributed by atoms with E-state index in [0.29, 0.717) is 10.9 Å². The summed E-state index contributed by atoms with van der Waals surface area (Å²) in [4.78, 5) is 6.64. The Morgan fingerprint density at radius 3 is 2.11 bits per heavy atom. The Labute approximate surface area is 166 Å². The van der Waals surface area contributed by atoms with Gasteiger partial charge in [0.1, 0.15) is 0 Å². The molecule has 27 heavy (non-hydrogen) atoms. The molecule has 138 valence electrons. The molecule has 1 unspecified atom stereocenters. The Morgan fingerprint density at radius 1 is 0.889 bits per heavy atom.